The van der Waals surface area contributed by atoms with Gasteiger partial charge >= 0.3 is 0 Å². The summed E-state index contributed by atoms with van der Waals surface area (Å²) in [5.74, 6) is 0. The van der Waals surface area contributed by atoms with Crippen LogP contribution in [0.1, 0.15) is 49.4 Å². The van der Waals surface area contributed by atoms with E-state index >= 15 is 0 Å². The van der Waals surface area contributed by atoms with Gasteiger partial charge in [0.15, 0.2) is 0 Å². The van der Waals surface area contributed by atoms with Crippen molar-refractivity contribution in [3.05, 3.63) is 254 Å². The van der Waals surface area contributed by atoms with Gasteiger partial charge in [0.2, 0.25) is 0 Å². The lowest BCUT2D eigenvalue weighted by Crippen LogP contribution is -2.18. The molecule has 0 fully saturated rings. The SMILES string of the molecule is C=C1/C=C\C=C/N(c2ccc(-c3ccc(C)cc3)c(-c3ccccc3)c2)CC/C(c2ccc(Nc3ccccc3)c(C(=C)/C=C\C(=C/C)c3ccccc3)c2)=C\C1=C.CC. The van der Waals surface area contributed by atoms with Gasteiger partial charge in [0, 0.05) is 35.4 Å². The molecule has 6 aromatic rings. The molecular weight excluding hydrogens is 725 g/mol. The predicted molar refractivity (Wildman–Crippen MR) is 264 cm³/mol. The van der Waals surface area contributed by atoms with Crippen LogP contribution < -0.4 is 10.2 Å². The summed E-state index contributed by atoms with van der Waals surface area (Å²) >= 11 is 0. The molecule has 1 N–H and O–H groups in total. The Labute approximate surface area is 359 Å². The molecule has 2 heteroatoms. The summed E-state index contributed by atoms with van der Waals surface area (Å²) in [5.41, 5.74) is 17.4. The van der Waals surface area contributed by atoms with Crippen molar-refractivity contribution in [2.45, 2.75) is 34.1 Å². The third kappa shape index (κ3) is 10.9. The van der Waals surface area contributed by atoms with Gasteiger partial charge in [0.1, 0.15) is 0 Å². The van der Waals surface area contributed by atoms with Crippen molar-refractivity contribution in [3.8, 4) is 22.3 Å². The highest BCUT2D eigenvalue weighted by Crippen LogP contribution is 2.37. The zero-order valence-electron chi connectivity index (χ0n) is 35.5. The summed E-state index contributed by atoms with van der Waals surface area (Å²) in [6.45, 7) is 22.4. The van der Waals surface area contributed by atoms with Gasteiger partial charge < -0.3 is 10.2 Å². The molecule has 1 aliphatic rings. The lowest BCUT2D eigenvalue weighted by Gasteiger charge is -2.24. The number of nitrogens with zero attached hydrogens (tertiary/aromatic N) is 1. The fourth-order valence-corrected chi connectivity index (χ4v) is 7.18. The van der Waals surface area contributed by atoms with Crippen molar-refractivity contribution in [2.24, 2.45) is 0 Å². The molecule has 1 heterocycles. The molecule has 298 valence electrons. The van der Waals surface area contributed by atoms with E-state index in [0.29, 0.717) is 0 Å². The van der Waals surface area contributed by atoms with E-state index in [9.17, 15) is 0 Å². The van der Waals surface area contributed by atoms with Gasteiger partial charge in [-0.05, 0) is 124 Å². The van der Waals surface area contributed by atoms with E-state index in [1.54, 1.807) is 0 Å². The molecular formula is C58H56N2. The van der Waals surface area contributed by atoms with Crippen LogP contribution in [0.5, 0.6) is 0 Å². The molecule has 0 amide bonds. The first kappa shape index (κ1) is 42.4. The smallest absolute Gasteiger partial charge is 0.0464 e. The highest BCUT2D eigenvalue weighted by molar-refractivity contribution is 5.89. The van der Waals surface area contributed by atoms with Gasteiger partial charge in [-0.1, -0.05) is 191 Å². The number of benzene rings is 6. The van der Waals surface area contributed by atoms with Crippen LogP contribution in [0.4, 0.5) is 17.1 Å². The zero-order chi connectivity index (χ0) is 42.3. The standard InChI is InChI=1S/C56H50N2.C2H6/c1-6-45(46-19-10-7-11-20-46)30-27-43(4)54-39-49(31-34-56(54)57-51-23-14-9-15-24-51)50-35-37-58(36-17-16-18-42(3)44(5)38-50)52-32-33-53(48-28-25-41(2)26-29-48)55(40-52)47-21-12-8-13-22-47;1-2/h6-34,36,38-40,57H,3-5,35,37H2,1-2H3;1-2H3/b18-16-,30-27-,36-17-,45-6+,50-38+;. The molecule has 0 bridgehead atoms. The maximum Gasteiger partial charge on any atom is 0.0464 e. The molecule has 0 aliphatic carbocycles. The van der Waals surface area contributed by atoms with Gasteiger partial charge in [-0.2, -0.15) is 0 Å². The van der Waals surface area contributed by atoms with E-state index in [0.717, 1.165) is 63.4 Å². The Bertz CT molecular complexity index is 2560. The molecule has 0 saturated carbocycles. The van der Waals surface area contributed by atoms with Crippen molar-refractivity contribution in [1.29, 1.82) is 0 Å². The largest absolute Gasteiger partial charge is 0.355 e. The first-order chi connectivity index (χ1) is 29.4. The third-order valence-corrected chi connectivity index (χ3v) is 10.5. The summed E-state index contributed by atoms with van der Waals surface area (Å²) in [5, 5.41) is 3.66. The first-order valence-corrected chi connectivity index (χ1v) is 20.9. The van der Waals surface area contributed by atoms with Crippen molar-refractivity contribution >= 4 is 33.8 Å². The summed E-state index contributed by atoms with van der Waals surface area (Å²) in [4.78, 5) is 2.34. The van der Waals surface area contributed by atoms with Crippen LogP contribution in [0.15, 0.2) is 231 Å². The molecule has 0 atom stereocenters. The van der Waals surface area contributed by atoms with E-state index in [2.05, 4.69) is 208 Å². The number of hydrogen-bond acceptors (Lipinski definition) is 2. The minimum Gasteiger partial charge on any atom is -0.355 e. The van der Waals surface area contributed by atoms with Crippen molar-refractivity contribution in [3.63, 3.8) is 0 Å². The number of allylic oxidation sites excluding steroid dienone is 11. The summed E-state index contributed by atoms with van der Waals surface area (Å²) in [7, 11) is 0. The molecule has 60 heavy (non-hydrogen) atoms. The highest BCUT2D eigenvalue weighted by atomic mass is 15.1. The monoisotopic (exact) mass is 780 g/mol. The summed E-state index contributed by atoms with van der Waals surface area (Å²) in [6, 6.07) is 53.7. The minimum atomic E-state index is 0.746. The van der Waals surface area contributed by atoms with Crippen LogP contribution >= 0.6 is 0 Å². The molecule has 0 unspecified atom stereocenters. The fourth-order valence-electron chi connectivity index (χ4n) is 7.18. The third-order valence-electron chi connectivity index (χ3n) is 10.5. The zero-order valence-corrected chi connectivity index (χ0v) is 35.5. The Morgan fingerprint density at radius 3 is 2.00 bits per heavy atom. The second kappa shape index (κ2) is 21.0. The van der Waals surface area contributed by atoms with Gasteiger partial charge in [-0.25, -0.2) is 0 Å². The Morgan fingerprint density at radius 1 is 0.650 bits per heavy atom. The number of hydrogen-bond donors (Lipinski definition) is 1. The van der Waals surface area contributed by atoms with Crippen LogP contribution in [0.25, 0.3) is 39.0 Å². The maximum atomic E-state index is 4.60. The maximum absolute atomic E-state index is 4.60. The Morgan fingerprint density at radius 2 is 1.30 bits per heavy atom. The van der Waals surface area contributed by atoms with Crippen molar-refractivity contribution in [1.82, 2.24) is 0 Å². The van der Waals surface area contributed by atoms with E-state index in [4.69, 9.17) is 0 Å². The number of para-hydroxylation sites is 1. The van der Waals surface area contributed by atoms with E-state index in [1.807, 2.05) is 50.3 Å². The second-order valence-corrected chi connectivity index (χ2v) is 14.5. The van der Waals surface area contributed by atoms with Gasteiger partial charge in [-0.3, -0.25) is 0 Å². The quantitative estimate of drug-likeness (QED) is 0.139. The molecule has 7 rings (SSSR count). The first-order valence-electron chi connectivity index (χ1n) is 20.9. The normalized spacial score (nSPS) is 15.2. The molecule has 0 radical (unpaired) electrons. The minimum absolute atomic E-state index is 0.746. The van der Waals surface area contributed by atoms with Crippen LogP contribution in [0, 0.1) is 6.92 Å². The number of nitrogens with one attached hydrogen (secondary N) is 1. The Kier molecular flexibility index (Phi) is 14.9. The molecule has 6 aromatic carbocycles. The number of rotatable bonds is 10. The van der Waals surface area contributed by atoms with Crippen LogP contribution in [0.3, 0.4) is 0 Å². The summed E-state index contributed by atoms with van der Waals surface area (Å²) in [6.07, 6.45) is 17.7. The molecule has 1 aliphatic heterocycles. The molecule has 0 saturated heterocycles. The van der Waals surface area contributed by atoms with E-state index in [-0.39, 0.29) is 0 Å². The fraction of sp³-hybridized carbons (Fsp3) is 0.103. The Balaban J connectivity index is 0.00000297. The van der Waals surface area contributed by atoms with E-state index < -0.39 is 0 Å². The lowest BCUT2D eigenvalue weighted by molar-refractivity contribution is 0.945. The predicted octanol–water partition coefficient (Wildman–Crippen LogP) is 16.2. The molecule has 0 aromatic heterocycles. The number of aryl methyl sites for hydroxylation is 1. The van der Waals surface area contributed by atoms with Crippen LogP contribution in [-0.2, 0) is 0 Å². The summed E-state index contributed by atoms with van der Waals surface area (Å²) < 4.78 is 0. The van der Waals surface area contributed by atoms with Crippen LogP contribution in [-0.4, -0.2) is 6.54 Å². The lowest BCUT2D eigenvalue weighted by atomic mass is 9.92. The molecule has 0 spiro atoms. The molecule has 2 nitrogen and oxygen atoms in total. The van der Waals surface area contributed by atoms with Gasteiger partial charge in [0.25, 0.3) is 0 Å². The van der Waals surface area contributed by atoms with Crippen LogP contribution in [0.2, 0.25) is 0 Å². The van der Waals surface area contributed by atoms with Gasteiger partial charge in [-0.15, -0.1) is 0 Å². The second-order valence-electron chi connectivity index (χ2n) is 14.5. The highest BCUT2D eigenvalue weighted by Gasteiger charge is 2.16. The average molecular weight is 781 g/mol. The Hall–Kier alpha value is -7.16. The van der Waals surface area contributed by atoms with Gasteiger partial charge in [0.05, 0.1) is 0 Å². The van der Waals surface area contributed by atoms with E-state index in [1.165, 1.54) is 39.0 Å². The number of anilines is 3. The average Bonchev–Trinajstić information content (AvgIpc) is 3.33. The topological polar surface area (TPSA) is 15.3 Å². The van der Waals surface area contributed by atoms with Crippen molar-refractivity contribution in [2.75, 3.05) is 16.8 Å². The van der Waals surface area contributed by atoms with Crippen molar-refractivity contribution < 1.29 is 0 Å².